The van der Waals surface area contributed by atoms with Gasteiger partial charge in [-0.1, -0.05) is 133 Å². The van der Waals surface area contributed by atoms with E-state index in [4.69, 9.17) is 23.5 Å². The highest BCUT2D eigenvalue weighted by molar-refractivity contribution is 5.91. The van der Waals surface area contributed by atoms with Crippen LogP contribution in [0.25, 0.3) is 89.6 Å². The predicted molar refractivity (Wildman–Crippen MR) is 246 cm³/mol. The zero-order valence-corrected chi connectivity index (χ0v) is 33.2. The average Bonchev–Trinajstić information content (AvgIpc) is 4.06. The Morgan fingerprint density at radius 1 is 0.306 bits per heavy atom. The van der Waals surface area contributed by atoms with E-state index in [0.717, 1.165) is 78.2 Å². The van der Waals surface area contributed by atoms with E-state index in [-0.39, 0.29) is 0 Å². The Bertz CT molecular complexity index is 3390. The molecule has 2 aliphatic rings. The number of hydrogen-bond donors (Lipinski definition) is 0. The van der Waals surface area contributed by atoms with Crippen LogP contribution in [0.5, 0.6) is 11.5 Å². The molecule has 3 heterocycles. The van der Waals surface area contributed by atoms with Gasteiger partial charge in [-0.2, -0.15) is 0 Å². The quantitative estimate of drug-likeness (QED) is 0.174. The minimum Gasteiger partial charge on any atom is -0.457 e. The van der Waals surface area contributed by atoms with Gasteiger partial charge in [0.2, 0.25) is 11.8 Å². The van der Waals surface area contributed by atoms with Gasteiger partial charge in [-0.3, -0.25) is 0 Å². The Morgan fingerprint density at radius 2 is 0.742 bits per heavy atom. The normalized spacial score (nSPS) is 13.1. The number of para-hydroxylation sites is 6. The van der Waals surface area contributed by atoms with E-state index in [1.54, 1.807) is 0 Å². The summed E-state index contributed by atoms with van der Waals surface area (Å²) in [6.07, 6.45) is 0. The van der Waals surface area contributed by atoms with Crippen molar-refractivity contribution in [1.82, 2.24) is 9.97 Å². The van der Waals surface area contributed by atoms with E-state index < -0.39 is 5.41 Å². The first-order valence-electron chi connectivity index (χ1n) is 20.9. The Morgan fingerprint density at radius 3 is 1.32 bits per heavy atom. The minimum absolute atomic E-state index is 0.490. The summed E-state index contributed by atoms with van der Waals surface area (Å²) in [6.45, 7) is 0. The molecular weight excluding hydrogens is 761 g/mol. The van der Waals surface area contributed by atoms with E-state index in [9.17, 15) is 0 Å². The van der Waals surface area contributed by atoms with Gasteiger partial charge in [-0.15, -0.1) is 0 Å². The fourth-order valence-electron chi connectivity index (χ4n) is 9.83. The lowest BCUT2D eigenvalue weighted by molar-refractivity contribution is 0.436. The van der Waals surface area contributed by atoms with Crippen LogP contribution >= 0.6 is 0 Å². The number of benzene rings is 9. The molecule has 1 aliphatic carbocycles. The zero-order valence-electron chi connectivity index (χ0n) is 33.2. The van der Waals surface area contributed by atoms with Crippen molar-refractivity contribution in [3.63, 3.8) is 0 Å². The van der Waals surface area contributed by atoms with Crippen molar-refractivity contribution in [2.24, 2.45) is 0 Å². The number of fused-ring (bicyclic) bond motifs is 11. The largest absolute Gasteiger partial charge is 0.457 e. The van der Waals surface area contributed by atoms with E-state index >= 15 is 0 Å². The summed E-state index contributed by atoms with van der Waals surface area (Å²) >= 11 is 0. The highest BCUT2D eigenvalue weighted by Gasteiger charge is 2.50. The third-order valence-corrected chi connectivity index (χ3v) is 12.6. The topological polar surface area (TPSA) is 61.3 Å². The molecule has 0 N–H and O–H groups in total. The van der Waals surface area contributed by atoms with Gasteiger partial charge in [0.1, 0.15) is 22.5 Å². The second-order valence-corrected chi connectivity index (χ2v) is 16.1. The predicted octanol–water partition coefficient (Wildman–Crippen LogP) is 14.8. The molecule has 0 saturated heterocycles. The molecular formula is C57H34N2O3. The fourth-order valence-corrected chi connectivity index (χ4v) is 9.83. The molecule has 2 aromatic heterocycles. The van der Waals surface area contributed by atoms with Gasteiger partial charge in [0.15, 0.2) is 11.2 Å². The summed E-state index contributed by atoms with van der Waals surface area (Å²) in [7, 11) is 0. The zero-order chi connectivity index (χ0) is 40.8. The van der Waals surface area contributed by atoms with Crippen LogP contribution in [0.2, 0.25) is 0 Å². The number of aromatic nitrogens is 2. The van der Waals surface area contributed by atoms with Crippen LogP contribution in [0.4, 0.5) is 0 Å². The van der Waals surface area contributed by atoms with Crippen molar-refractivity contribution in [1.29, 1.82) is 0 Å². The molecule has 5 heteroatoms. The highest BCUT2D eigenvalue weighted by Crippen LogP contribution is 2.62. The molecule has 0 amide bonds. The molecule has 11 aromatic rings. The Kier molecular flexibility index (Phi) is 7.45. The van der Waals surface area contributed by atoms with Crippen LogP contribution in [0.1, 0.15) is 22.3 Å². The summed E-state index contributed by atoms with van der Waals surface area (Å²) in [4.78, 5) is 9.71. The van der Waals surface area contributed by atoms with Crippen molar-refractivity contribution in [3.8, 4) is 78.9 Å². The molecule has 1 aliphatic heterocycles. The lowest BCUT2D eigenvalue weighted by Gasteiger charge is -2.39. The molecule has 0 radical (unpaired) electrons. The van der Waals surface area contributed by atoms with Gasteiger partial charge in [0.25, 0.3) is 0 Å². The average molecular weight is 795 g/mol. The van der Waals surface area contributed by atoms with Crippen LogP contribution in [0.15, 0.2) is 215 Å². The SMILES string of the molecule is c1cc(-c2cccc(-c3ccc4c(c3)-c3ccccc3C43c4ccccc4Oc4ccccc43)c2)cc(-c2cc(-c3nc4ccccc4o3)cc(-c3nc4ccccc4o3)c2)c1. The molecule has 9 aromatic carbocycles. The number of hydrogen-bond acceptors (Lipinski definition) is 5. The first-order valence-corrected chi connectivity index (χ1v) is 20.9. The Labute approximate surface area is 357 Å². The van der Waals surface area contributed by atoms with Crippen molar-refractivity contribution in [3.05, 3.63) is 229 Å². The summed E-state index contributed by atoms with van der Waals surface area (Å²) in [5, 5.41) is 0. The van der Waals surface area contributed by atoms with E-state index in [2.05, 4.69) is 152 Å². The summed E-state index contributed by atoms with van der Waals surface area (Å²) in [6, 6.07) is 72.4. The number of nitrogens with zero attached hydrogens (tertiary/aromatic N) is 2. The smallest absolute Gasteiger partial charge is 0.227 e. The maximum atomic E-state index is 6.54. The van der Waals surface area contributed by atoms with E-state index in [1.807, 2.05) is 54.6 Å². The number of oxazole rings is 2. The van der Waals surface area contributed by atoms with Crippen LogP contribution < -0.4 is 4.74 Å². The number of ether oxygens (including phenoxy) is 1. The van der Waals surface area contributed by atoms with Gasteiger partial charge in [-0.25, -0.2) is 9.97 Å². The molecule has 0 fully saturated rings. The molecule has 290 valence electrons. The third-order valence-electron chi connectivity index (χ3n) is 12.6. The second-order valence-electron chi connectivity index (χ2n) is 16.1. The van der Waals surface area contributed by atoms with Crippen molar-refractivity contribution in [2.45, 2.75) is 5.41 Å². The minimum atomic E-state index is -0.490. The molecule has 0 saturated carbocycles. The third kappa shape index (κ3) is 5.22. The molecule has 0 unspecified atom stereocenters. The van der Waals surface area contributed by atoms with E-state index in [0.29, 0.717) is 11.8 Å². The van der Waals surface area contributed by atoms with Gasteiger partial charge < -0.3 is 13.6 Å². The first-order chi connectivity index (χ1) is 30.7. The molecule has 5 nitrogen and oxygen atoms in total. The van der Waals surface area contributed by atoms with Crippen LogP contribution in [-0.2, 0) is 5.41 Å². The summed E-state index contributed by atoms with van der Waals surface area (Å²) in [5.41, 5.74) is 18.3. The van der Waals surface area contributed by atoms with Crippen molar-refractivity contribution >= 4 is 22.2 Å². The maximum absolute atomic E-state index is 6.54. The van der Waals surface area contributed by atoms with Crippen LogP contribution in [0, 0.1) is 0 Å². The standard InChI is InChI=1S/C57H34N2O3/c1-2-18-45-43(17-1)44-34-39(27-28-46(44)57(45)47-19-3-7-23-51(47)60-52-24-8-4-20-48(52)57)37-15-11-13-35(29-37)36-14-12-16-38(30-36)40-31-41(55-58-49-21-5-9-25-53(49)61-55)33-42(32-40)56-59-50-22-6-10-26-54(50)62-56/h1-34H. The van der Waals surface area contributed by atoms with Crippen molar-refractivity contribution < 1.29 is 13.6 Å². The summed E-state index contributed by atoms with van der Waals surface area (Å²) < 4.78 is 19.1. The molecule has 62 heavy (non-hydrogen) atoms. The lowest BCUT2D eigenvalue weighted by Crippen LogP contribution is -2.32. The maximum Gasteiger partial charge on any atom is 0.227 e. The number of rotatable bonds is 5. The first kappa shape index (κ1) is 34.6. The molecule has 0 atom stereocenters. The lowest BCUT2D eigenvalue weighted by atomic mass is 9.66. The van der Waals surface area contributed by atoms with Crippen LogP contribution in [-0.4, -0.2) is 9.97 Å². The van der Waals surface area contributed by atoms with Crippen molar-refractivity contribution in [2.75, 3.05) is 0 Å². The fraction of sp³-hybridized carbons (Fsp3) is 0.0175. The monoisotopic (exact) mass is 794 g/mol. The van der Waals surface area contributed by atoms with Crippen LogP contribution in [0.3, 0.4) is 0 Å². The molecule has 1 spiro atoms. The second kappa shape index (κ2) is 13.4. The van der Waals surface area contributed by atoms with Gasteiger partial charge in [0, 0.05) is 22.3 Å². The molecule has 0 bridgehead atoms. The Hall–Kier alpha value is -8.28. The highest BCUT2D eigenvalue weighted by atomic mass is 16.5. The summed E-state index contributed by atoms with van der Waals surface area (Å²) in [5.74, 6) is 2.88. The van der Waals surface area contributed by atoms with E-state index in [1.165, 1.54) is 33.4 Å². The Balaban J connectivity index is 0.912. The van der Waals surface area contributed by atoms with Gasteiger partial charge in [-0.05, 0) is 128 Å². The molecule has 13 rings (SSSR count). The van der Waals surface area contributed by atoms with Gasteiger partial charge >= 0.3 is 0 Å². The van der Waals surface area contributed by atoms with Gasteiger partial charge in [0.05, 0.1) is 5.41 Å².